The molecule has 1 atom stereocenters. The lowest BCUT2D eigenvalue weighted by atomic mass is 9.82. The molecule has 2 aliphatic rings. The lowest BCUT2D eigenvalue weighted by Crippen LogP contribution is -2.52. The van der Waals surface area contributed by atoms with E-state index < -0.39 is 11.6 Å². The second-order valence-electron chi connectivity index (χ2n) is 12.0. The van der Waals surface area contributed by atoms with Gasteiger partial charge in [0.05, 0.1) is 11.7 Å². The van der Waals surface area contributed by atoms with E-state index in [1.807, 2.05) is 49.7 Å². The molecule has 1 aliphatic carbocycles. The summed E-state index contributed by atoms with van der Waals surface area (Å²) in [6.45, 7) is 5.84. The van der Waals surface area contributed by atoms with Crippen molar-refractivity contribution in [1.82, 2.24) is 39.6 Å². The summed E-state index contributed by atoms with van der Waals surface area (Å²) >= 11 is 6.33. The smallest absolute Gasteiger partial charge is 0.407 e. The van der Waals surface area contributed by atoms with Crippen molar-refractivity contribution in [1.29, 1.82) is 0 Å². The van der Waals surface area contributed by atoms with Gasteiger partial charge in [0.25, 0.3) is 5.56 Å². The van der Waals surface area contributed by atoms with E-state index in [2.05, 4.69) is 20.5 Å². The average molecular weight is 577 g/mol. The molecule has 214 valence electrons. The van der Waals surface area contributed by atoms with Crippen LogP contribution < -0.4 is 5.56 Å². The van der Waals surface area contributed by atoms with Crippen molar-refractivity contribution in [3.63, 3.8) is 0 Å². The zero-order valence-electron chi connectivity index (χ0n) is 23.3. The fourth-order valence-electron chi connectivity index (χ4n) is 6.58. The molecule has 0 spiro atoms. The Hall–Kier alpha value is -3.99. The number of benzene rings is 1. The van der Waals surface area contributed by atoms with Crippen LogP contribution in [-0.2, 0) is 6.42 Å². The molecule has 11 nitrogen and oxygen atoms in total. The molecule has 1 amide bonds. The van der Waals surface area contributed by atoms with Gasteiger partial charge in [-0.15, -0.1) is 5.10 Å². The molecule has 0 saturated heterocycles. The number of carbonyl (C=O) groups is 1. The molecule has 1 fully saturated rings. The molecule has 12 heteroatoms. The minimum atomic E-state index is -0.861. The summed E-state index contributed by atoms with van der Waals surface area (Å²) in [5.41, 5.74) is 3.73. The summed E-state index contributed by atoms with van der Waals surface area (Å²) in [4.78, 5) is 35.3. The van der Waals surface area contributed by atoms with E-state index in [1.165, 1.54) is 6.33 Å². The number of aromatic amines is 1. The number of nitrogens with zero attached hydrogens (tertiary/aromatic N) is 7. The number of aromatic nitrogens is 7. The van der Waals surface area contributed by atoms with Crippen LogP contribution in [0.1, 0.15) is 82.0 Å². The number of nitrogens with one attached hydrogen (secondary N) is 1. The lowest BCUT2D eigenvalue weighted by molar-refractivity contribution is 0.0545. The summed E-state index contributed by atoms with van der Waals surface area (Å²) in [5, 5.41) is 21.8. The van der Waals surface area contributed by atoms with Crippen molar-refractivity contribution in [2.75, 3.05) is 0 Å². The van der Waals surface area contributed by atoms with Crippen LogP contribution in [0.5, 0.6) is 0 Å². The standard InChI is InChI=1S/C29H33ClN8O3/c1-29(2,3)38(28(40)41)20-7-4-17(5-8-20)23-15-31-27(33-23)25-11-9-21-12-18(13-26(39)37(21)25)22-14-19(30)6-10-24(22)36-16-32-34-35-36/h6,10,12-17,20,25H,4-5,7-9,11H2,1-3H3,(H,31,33)(H,40,41)/t17?,20?,25-/m0/s1. The number of halogens is 1. The molecule has 1 aliphatic heterocycles. The Bertz CT molecular complexity index is 1630. The molecule has 41 heavy (non-hydrogen) atoms. The van der Waals surface area contributed by atoms with Crippen LogP contribution in [0.2, 0.25) is 5.02 Å². The second-order valence-corrected chi connectivity index (χ2v) is 12.4. The van der Waals surface area contributed by atoms with Gasteiger partial charge in [0.1, 0.15) is 12.2 Å². The summed E-state index contributed by atoms with van der Waals surface area (Å²) in [6, 6.07) is 8.95. The molecule has 0 unspecified atom stereocenters. The van der Waals surface area contributed by atoms with Crippen molar-refractivity contribution in [2.24, 2.45) is 0 Å². The van der Waals surface area contributed by atoms with Crippen LogP contribution in [0.25, 0.3) is 16.8 Å². The van der Waals surface area contributed by atoms with Crippen LogP contribution >= 0.6 is 11.6 Å². The van der Waals surface area contributed by atoms with E-state index >= 15 is 0 Å². The number of aryl methyl sites for hydroxylation is 1. The number of tetrazole rings is 1. The van der Waals surface area contributed by atoms with Gasteiger partial charge in [-0.1, -0.05) is 11.6 Å². The van der Waals surface area contributed by atoms with Gasteiger partial charge in [-0.2, -0.15) is 4.68 Å². The summed E-state index contributed by atoms with van der Waals surface area (Å²) in [5.74, 6) is 1.07. The molecule has 3 aromatic heterocycles. The Labute approximate surface area is 242 Å². The van der Waals surface area contributed by atoms with Gasteiger partial charge < -0.3 is 19.6 Å². The van der Waals surface area contributed by atoms with E-state index in [4.69, 9.17) is 16.6 Å². The largest absolute Gasteiger partial charge is 0.465 e. The molecular weight excluding hydrogens is 544 g/mol. The number of H-pyrrole nitrogens is 1. The van der Waals surface area contributed by atoms with Gasteiger partial charge in [0.2, 0.25) is 0 Å². The minimum absolute atomic E-state index is 0.0152. The van der Waals surface area contributed by atoms with Crippen LogP contribution in [0.4, 0.5) is 4.79 Å². The summed E-state index contributed by atoms with van der Waals surface area (Å²) < 4.78 is 3.39. The van der Waals surface area contributed by atoms with Crippen LogP contribution in [-0.4, -0.2) is 62.4 Å². The summed E-state index contributed by atoms with van der Waals surface area (Å²) in [6.07, 6.45) is 7.46. The molecular formula is C29H33ClN8O3. The minimum Gasteiger partial charge on any atom is -0.465 e. The summed E-state index contributed by atoms with van der Waals surface area (Å²) in [7, 11) is 0. The fourth-order valence-corrected chi connectivity index (χ4v) is 6.76. The Morgan fingerprint density at radius 3 is 2.59 bits per heavy atom. The van der Waals surface area contributed by atoms with E-state index in [-0.39, 0.29) is 23.6 Å². The second kappa shape index (κ2) is 10.4. The number of pyridine rings is 1. The molecule has 1 saturated carbocycles. The Kier molecular flexibility index (Phi) is 6.93. The maximum absolute atomic E-state index is 13.5. The molecule has 4 heterocycles. The van der Waals surface area contributed by atoms with Crippen molar-refractivity contribution in [3.8, 4) is 16.8 Å². The number of rotatable bonds is 5. The maximum Gasteiger partial charge on any atom is 0.407 e. The van der Waals surface area contributed by atoms with E-state index in [9.17, 15) is 14.7 Å². The molecule has 0 bridgehead atoms. The normalized spacial score (nSPS) is 20.6. The zero-order valence-corrected chi connectivity index (χ0v) is 24.0. The predicted octanol–water partition coefficient (Wildman–Crippen LogP) is 5.21. The van der Waals surface area contributed by atoms with Crippen molar-refractivity contribution in [3.05, 3.63) is 75.4 Å². The fraction of sp³-hybridized carbons (Fsp3) is 0.448. The van der Waals surface area contributed by atoms with Gasteiger partial charge in [-0.3, -0.25) is 4.79 Å². The van der Waals surface area contributed by atoms with E-state index in [0.717, 1.165) is 72.6 Å². The van der Waals surface area contributed by atoms with Gasteiger partial charge in [0, 0.05) is 51.7 Å². The monoisotopic (exact) mass is 576 g/mol. The Morgan fingerprint density at radius 2 is 1.90 bits per heavy atom. The van der Waals surface area contributed by atoms with E-state index in [0.29, 0.717) is 5.02 Å². The third-order valence-electron chi connectivity index (χ3n) is 8.36. The van der Waals surface area contributed by atoms with Gasteiger partial charge in [-0.05, 0) is 99.6 Å². The molecule has 4 aromatic rings. The quantitative estimate of drug-likeness (QED) is 0.333. The number of amides is 1. The van der Waals surface area contributed by atoms with Crippen molar-refractivity contribution < 1.29 is 9.90 Å². The average Bonchev–Trinajstić information content (AvgIpc) is 3.69. The molecule has 0 radical (unpaired) electrons. The highest BCUT2D eigenvalue weighted by Gasteiger charge is 2.36. The highest BCUT2D eigenvalue weighted by Crippen LogP contribution is 2.38. The zero-order chi connectivity index (χ0) is 28.9. The van der Waals surface area contributed by atoms with Gasteiger partial charge >= 0.3 is 6.09 Å². The van der Waals surface area contributed by atoms with Gasteiger partial charge in [-0.25, -0.2) is 9.78 Å². The Balaban J connectivity index is 1.22. The molecule has 1 aromatic carbocycles. The third kappa shape index (κ3) is 5.14. The number of imidazole rings is 1. The third-order valence-corrected chi connectivity index (χ3v) is 8.60. The number of fused-ring (bicyclic) bond motifs is 1. The van der Waals surface area contributed by atoms with Crippen LogP contribution in [0.3, 0.4) is 0 Å². The first-order chi connectivity index (χ1) is 19.6. The SMILES string of the molecule is CC(C)(C)N(C(=O)O)C1CCC(c2cnc([C@@H]3CCc4cc(-c5cc(Cl)ccc5-n5cnnn5)cc(=O)n43)[nH]2)CC1. The topological polar surface area (TPSA) is 135 Å². The number of carboxylic acid groups (broad SMARTS) is 1. The molecule has 2 N–H and O–H groups in total. The first-order valence-electron chi connectivity index (χ1n) is 14.0. The van der Waals surface area contributed by atoms with Crippen LogP contribution in [0.15, 0.2) is 47.7 Å². The van der Waals surface area contributed by atoms with Crippen LogP contribution in [0, 0.1) is 0 Å². The highest BCUT2D eigenvalue weighted by atomic mass is 35.5. The predicted molar refractivity (Wildman–Crippen MR) is 154 cm³/mol. The highest BCUT2D eigenvalue weighted by molar-refractivity contribution is 6.31. The number of hydrogen-bond donors (Lipinski definition) is 2. The maximum atomic E-state index is 13.5. The van der Waals surface area contributed by atoms with Crippen molar-refractivity contribution >= 4 is 17.7 Å². The number of hydrogen-bond acceptors (Lipinski definition) is 6. The molecule has 6 rings (SSSR count). The van der Waals surface area contributed by atoms with E-state index in [1.54, 1.807) is 21.7 Å². The van der Waals surface area contributed by atoms with Crippen molar-refractivity contribution in [2.45, 2.75) is 82.8 Å². The van der Waals surface area contributed by atoms with Gasteiger partial charge in [0.15, 0.2) is 0 Å². The lowest BCUT2D eigenvalue weighted by Gasteiger charge is -2.42. The first-order valence-corrected chi connectivity index (χ1v) is 14.3. The Morgan fingerprint density at radius 1 is 1.12 bits per heavy atom. The first kappa shape index (κ1) is 27.2.